The quantitative estimate of drug-likeness (QED) is 0.800. The average molecular weight is 342 g/mol. The molecule has 1 fully saturated rings. The topological polar surface area (TPSA) is 60.8 Å². The van der Waals surface area contributed by atoms with E-state index in [1.165, 1.54) is 17.2 Å². The summed E-state index contributed by atoms with van der Waals surface area (Å²) in [5.41, 5.74) is 2.06. The number of benzene rings is 1. The molecule has 1 aromatic heterocycles. The number of hydrogen-bond donors (Lipinski definition) is 0. The second-order valence-corrected chi connectivity index (χ2v) is 6.17. The zero-order chi connectivity index (χ0) is 17.8. The Hall–Kier alpha value is -2.60. The van der Waals surface area contributed by atoms with Gasteiger partial charge in [0.25, 0.3) is 5.56 Å². The number of aromatic nitrogens is 1. The minimum atomic E-state index is -0.300. The van der Waals surface area contributed by atoms with Gasteiger partial charge in [-0.05, 0) is 30.2 Å². The van der Waals surface area contributed by atoms with Gasteiger partial charge in [-0.3, -0.25) is 9.59 Å². The highest BCUT2D eigenvalue weighted by Crippen LogP contribution is 2.16. The van der Waals surface area contributed by atoms with Gasteiger partial charge < -0.3 is 18.9 Å². The number of likely N-dealkylation sites (tertiary alicyclic amines) is 1. The first-order valence-corrected chi connectivity index (χ1v) is 8.26. The van der Waals surface area contributed by atoms with Crippen LogP contribution >= 0.6 is 0 Å². The predicted octanol–water partition coefficient (Wildman–Crippen LogP) is 1.59. The van der Waals surface area contributed by atoms with Gasteiger partial charge in [-0.1, -0.05) is 24.3 Å². The van der Waals surface area contributed by atoms with Gasteiger partial charge in [0, 0.05) is 19.3 Å². The Morgan fingerprint density at radius 3 is 2.68 bits per heavy atom. The van der Waals surface area contributed by atoms with Crippen LogP contribution in [0.3, 0.4) is 0 Å². The van der Waals surface area contributed by atoms with Crippen LogP contribution in [-0.2, 0) is 22.7 Å². The number of carbonyl (C=O) groups excluding carboxylic acids is 1. The molecule has 0 radical (unpaired) electrons. The summed E-state index contributed by atoms with van der Waals surface area (Å²) in [7, 11) is 1.44. The van der Waals surface area contributed by atoms with Crippen LogP contribution in [0.15, 0.2) is 47.4 Å². The molecule has 0 N–H and O–H groups in total. The lowest BCUT2D eigenvalue weighted by atomic mass is 10.1. The molecule has 1 saturated heterocycles. The lowest BCUT2D eigenvalue weighted by molar-refractivity contribution is -0.146. The fourth-order valence-electron chi connectivity index (χ4n) is 2.77. The van der Waals surface area contributed by atoms with Gasteiger partial charge in [0.05, 0.1) is 19.8 Å². The van der Waals surface area contributed by atoms with Crippen molar-refractivity contribution in [3.63, 3.8) is 0 Å². The average Bonchev–Trinajstić information content (AvgIpc) is 2.57. The Morgan fingerprint density at radius 2 is 1.96 bits per heavy atom. The fraction of sp³-hybridized carbons (Fsp3) is 0.368. The maximum atomic E-state index is 12.3. The minimum Gasteiger partial charge on any atom is -0.491 e. The maximum absolute atomic E-state index is 12.3. The third kappa shape index (κ3) is 3.91. The highest BCUT2D eigenvalue weighted by Gasteiger charge is 2.31. The van der Waals surface area contributed by atoms with Crippen molar-refractivity contribution in [1.82, 2.24) is 9.47 Å². The van der Waals surface area contributed by atoms with Gasteiger partial charge >= 0.3 is 0 Å². The highest BCUT2D eigenvalue weighted by atomic mass is 16.5. The smallest absolute Gasteiger partial charge is 0.293 e. The molecule has 25 heavy (non-hydrogen) atoms. The van der Waals surface area contributed by atoms with E-state index in [2.05, 4.69) is 13.0 Å². The van der Waals surface area contributed by atoms with Crippen molar-refractivity contribution in [2.24, 2.45) is 0 Å². The number of nitrogens with zero attached hydrogens (tertiary/aromatic N) is 2. The van der Waals surface area contributed by atoms with E-state index in [0.29, 0.717) is 19.7 Å². The van der Waals surface area contributed by atoms with Crippen molar-refractivity contribution in [2.75, 3.05) is 20.2 Å². The van der Waals surface area contributed by atoms with E-state index in [0.717, 1.165) is 5.56 Å². The molecule has 0 atom stereocenters. The summed E-state index contributed by atoms with van der Waals surface area (Å²) >= 11 is 0. The molecule has 0 aliphatic carbocycles. The minimum absolute atomic E-state index is 0.0144. The molecule has 1 amide bonds. The molecule has 2 aromatic rings. The van der Waals surface area contributed by atoms with E-state index < -0.39 is 0 Å². The molecule has 1 aliphatic heterocycles. The Bertz CT molecular complexity index is 809. The molecule has 0 bridgehead atoms. The molecular formula is C19H22N2O4. The SMILES string of the molecule is COc1cccn(CC(=O)N2CC(OCc3ccccc3C)C2)c1=O. The Kier molecular flexibility index (Phi) is 5.19. The van der Waals surface area contributed by atoms with Crippen molar-refractivity contribution in [3.05, 3.63) is 64.1 Å². The number of pyridine rings is 1. The summed E-state index contributed by atoms with van der Waals surface area (Å²) in [5.74, 6) is 0.143. The molecule has 3 rings (SSSR count). The van der Waals surface area contributed by atoms with E-state index in [4.69, 9.17) is 9.47 Å². The molecule has 132 valence electrons. The molecule has 6 nitrogen and oxygen atoms in total. The first-order chi connectivity index (χ1) is 12.1. The van der Waals surface area contributed by atoms with Crippen molar-refractivity contribution < 1.29 is 14.3 Å². The fourth-order valence-corrected chi connectivity index (χ4v) is 2.77. The summed E-state index contributed by atoms with van der Waals surface area (Å²) in [4.78, 5) is 26.1. The second-order valence-electron chi connectivity index (χ2n) is 6.17. The van der Waals surface area contributed by atoms with Gasteiger partial charge in [-0.15, -0.1) is 0 Å². The first-order valence-electron chi connectivity index (χ1n) is 8.26. The number of methoxy groups -OCH3 is 1. The zero-order valence-electron chi connectivity index (χ0n) is 14.5. The lowest BCUT2D eigenvalue weighted by Crippen LogP contribution is -2.55. The van der Waals surface area contributed by atoms with Gasteiger partial charge in [0.15, 0.2) is 5.75 Å². The molecular weight excluding hydrogens is 320 g/mol. The van der Waals surface area contributed by atoms with E-state index in [9.17, 15) is 9.59 Å². The van der Waals surface area contributed by atoms with Gasteiger partial charge in [0.2, 0.25) is 5.91 Å². The summed E-state index contributed by atoms with van der Waals surface area (Å²) < 4.78 is 12.2. The summed E-state index contributed by atoms with van der Waals surface area (Å²) in [6, 6.07) is 11.4. The van der Waals surface area contributed by atoms with Crippen molar-refractivity contribution in [2.45, 2.75) is 26.2 Å². The van der Waals surface area contributed by atoms with Crippen LogP contribution in [0.1, 0.15) is 11.1 Å². The van der Waals surface area contributed by atoms with Crippen LogP contribution in [0.5, 0.6) is 5.75 Å². The summed E-state index contributed by atoms with van der Waals surface area (Å²) in [6.45, 7) is 3.74. The van der Waals surface area contributed by atoms with E-state index >= 15 is 0 Å². The Balaban J connectivity index is 1.49. The number of rotatable bonds is 6. The standard InChI is InChI=1S/C19H22N2O4/c1-14-6-3-4-7-15(14)13-25-16-10-21(11-16)18(22)12-20-9-5-8-17(24-2)19(20)23/h3-9,16H,10-13H2,1-2H3. The molecule has 2 heterocycles. The van der Waals surface area contributed by atoms with Crippen LogP contribution < -0.4 is 10.3 Å². The first kappa shape index (κ1) is 17.2. The monoisotopic (exact) mass is 342 g/mol. The number of aryl methyl sites for hydroxylation is 1. The van der Waals surface area contributed by atoms with E-state index in [1.54, 1.807) is 23.2 Å². The third-order valence-corrected chi connectivity index (χ3v) is 4.45. The van der Waals surface area contributed by atoms with E-state index in [-0.39, 0.29) is 29.9 Å². The summed E-state index contributed by atoms with van der Waals surface area (Å²) in [5, 5.41) is 0. The van der Waals surface area contributed by atoms with Crippen LogP contribution in [0.2, 0.25) is 0 Å². The molecule has 1 aromatic carbocycles. The largest absolute Gasteiger partial charge is 0.491 e. The van der Waals surface area contributed by atoms with Crippen LogP contribution in [-0.4, -0.2) is 41.7 Å². The third-order valence-electron chi connectivity index (χ3n) is 4.45. The van der Waals surface area contributed by atoms with Crippen molar-refractivity contribution >= 4 is 5.91 Å². The second kappa shape index (κ2) is 7.53. The number of amides is 1. The molecule has 1 aliphatic rings. The number of carbonyl (C=O) groups is 1. The summed E-state index contributed by atoms with van der Waals surface area (Å²) in [6.07, 6.45) is 1.64. The number of hydrogen-bond acceptors (Lipinski definition) is 4. The number of ether oxygens (including phenoxy) is 2. The molecule has 0 saturated carbocycles. The van der Waals surface area contributed by atoms with Gasteiger partial charge in [0.1, 0.15) is 6.54 Å². The molecule has 6 heteroatoms. The van der Waals surface area contributed by atoms with Crippen molar-refractivity contribution in [1.29, 1.82) is 0 Å². The normalized spacial score (nSPS) is 14.2. The maximum Gasteiger partial charge on any atom is 0.293 e. The zero-order valence-corrected chi connectivity index (χ0v) is 14.5. The van der Waals surface area contributed by atoms with Gasteiger partial charge in [-0.25, -0.2) is 0 Å². The van der Waals surface area contributed by atoms with Crippen LogP contribution in [0.25, 0.3) is 0 Å². The Morgan fingerprint density at radius 1 is 1.20 bits per heavy atom. The van der Waals surface area contributed by atoms with E-state index in [1.807, 2.05) is 18.2 Å². The molecule has 0 unspecified atom stereocenters. The van der Waals surface area contributed by atoms with Crippen LogP contribution in [0.4, 0.5) is 0 Å². The lowest BCUT2D eigenvalue weighted by Gasteiger charge is -2.39. The van der Waals surface area contributed by atoms with Crippen LogP contribution in [0, 0.1) is 6.92 Å². The Labute approximate surface area is 146 Å². The predicted molar refractivity (Wildman–Crippen MR) is 93.6 cm³/mol. The van der Waals surface area contributed by atoms with Crippen molar-refractivity contribution in [3.8, 4) is 5.75 Å². The molecule has 0 spiro atoms. The van der Waals surface area contributed by atoms with Gasteiger partial charge in [-0.2, -0.15) is 0 Å². The highest BCUT2D eigenvalue weighted by molar-refractivity contribution is 5.77.